The van der Waals surface area contributed by atoms with E-state index in [0.29, 0.717) is 0 Å². The first-order valence-electron chi connectivity index (χ1n) is 17.8. The second kappa shape index (κ2) is 12.5. The minimum atomic E-state index is 0.865. The molecule has 0 bridgehead atoms. The molecule has 1 aromatic heterocycles. The van der Waals surface area contributed by atoms with Crippen LogP contribution in [0.3, 0.4) is 0 Å². The van der Waals surface area contributed by atoms with Crippen molar-refractivity contribution in [3.05, 3.63) is 200 Å². The predicted molar refractivity (Wildman–Crippen MR) is 220 cm³/mol. The molecular weight excluding hydrogens is 631 g/mol. The molecule has 2 heteroatoms. The van der Waals surface area contributed by atoms with Crippen LogP contribution in [0.25, 0.3) is 76.9 Å². The van der Waals surface area contributed by atoms with Crippen LogP contribution in [0.5, 0.6) is 0 Å². The highest BCUT2D eigenvalue weighted by Gasteiger charge is 2.18. The number of anilines is 3. The lowest BCUT2D eigenvalue weighted by Crippen LogP contribution is -2.09. The van der Waals surface area contributed by atoms with Gasteiger partial charge < -0.3 is 9.32 Å². The van der Waals surface area contributed by atoms with Crippen LogP contribution in [0.1, 0.15) is 0 Å². The van der Waals surface area contributed by atoms with Crippen molar-refractivity contribution in [2.24, 2.45) is 0 Å². The normalized spacial score (nSPS) is 11.5. The lowest BCUT2D eigenvalue weighted by atomic mass is 9.95. The van der Waals surface area contributed by atoms with Gasteiger partial charge in [-0.25, -0.2) is 0 Å². The molecule has 0 fully saturated rings. The van der Waals surface area contributed by atoms with Crippen LogP contribution in [0.4, 0.5) is 17.1 Å². The maximum absolute atomic E-state index is 6.64. The first-order chi connectivity index (χ1) is 25.8. The molecule has 0 amide bonds. The van der Waals surface area contributed by atoms with E-state index in [2.05, 4.69) is 205 Å². The molecule has 0 radical (unpaired) electrons. The lowest BCUT2D eigenvalue weighted by molar-refractivity contribution is 0.669. The fourth-order valence-electron chi connectivity index (χ4n) is 7.69. The zero-order valence-corrected chi connectivity index (χ0v) is 28.4. The Bertz CT molecular complexity index is 2870. The number of fused-ring (bicyclic) bond motifs is 6. The van der Waals surface area contributed by atoms with Crippen LogP contribution >= 0.6 is 0 Å². The maximum atomic E-state index is 6.64. The van der Waals surface area contributed by atoms with Crippen LogP contribution in [0.15, 0.2) is 205 Å². The molecule has 0 atom stereocenters. The van der Waals surface area contributed by atoms with Gasteiger partial charge in [0.25, 0.3) is 0 Å². The Morgan fingerprint density at radius 3 is 1.62 bits per heavy atom. The molecule has 52 heavy (non-hydrogen) atoms. The van der Waals surface area contributed by atoms with Crippen LogP contribution in [0.2, 0.25) is 0 Å². The standard InChI is InChI=1S/C50H33NO/c1-4-11-34(12-5-1)36-21-24-41(25-22-36)51(42-26-23-39-31-38(19-20-40(39)32-42)35-13-6-2-7-14-35)43-27-28-47-49(33-43)52-48-30-29-45-44(37-15-8-3-9-16-37)17-10-18-46(45)50(47)48/h1-33H. The van der Waals surface area contributed by atoms with Gasteiger partial charge in [-0.1, -0.05) is 146 Å². The van der Waals surface area contributed by atoms with Gasteiger partial charge in [-0.3, -0.25) is 0 Å². The molecular formula is C50H33NO. The number of hydrogen-bond acceptors (Lipinski definition) is 2. The van der Waals surface area contributed by atoms with Crippen molar-refractivity contribution in [3.63, 3.8) is 0 Å². The number of furan rings is 1. The van der Waals surface area contributed by atoms with Crippen molar-refractivity contribution in [3.8, 4) is 33.4 Å². The highest BCUT2D eigenvalue weighted by Crippen LogP contribution is 2.43. The summed E-state index contributed by atoms with van der Waals surface area (Å²) in [6.07, 6.45) is 0. The van der Waals surface area contributed by atoms with Gasteiger partial charge in [-0.2, -0.15) is 0 Å². The molecule has 0 aliphatic carbocycles. The highest BCUT2D eigenvalue weighted by atomic mass is 16.3. The van der Waals surface area contributed by atoms with E-state index in [1.165, 1.54) is 54.9 Å². The predicted octanol–water partition coefficient (Wildman–Crippen LogP) is 14.4. The van der Waals surface area contributed by atoms with Gasteiger partial charge in [0.15, 0.2) is 0 Å². The molecule has 0 aliphatic rings. The van der Waals surface area contributed by atoms with Gasteiger partial charge in [-0.05, 0) is 103 Å². The van der Waals surface area contributed by atoms with E-state index in [1.807, 2.05) is 0 Å². The van der Waals surface area contributed by atoms with Gasteiger partial charge in [0.1, 0.15) is 11.2 Å². The highest BCUT2D eigenvalue weighted by molar-refractivity contribution is 6.21. The first-order valence-corrected chi connectivity index (χ1v) is 17.8. The minimum absolute atomic E-state index is 0.865. The van der Waals surface area contributed by atoms with E-state index in [0.717, 1.165) is 39.0 Å². The Balaban J connectivity index is 1.11. The summed E-state index contributed by atoms with van der Waals surface area (Å²) in [6.45, 7) is 0. The monoisotopic (exact) mass is 663 g/mol. The third-order valence-electron chi connectivity index (χ3n) is 10.2. The summed E-state index contributed by atoms with van der Waals surface area (Å²) in [5.41, 5.74) is 12.2. The van der Waals surface area contributed by atoms with Crippen LogP contribution < -0.4 is 4.90 Å². The van der Waals surface area contributed by atoms with Gasteiger partial charge >= 0.3 is 0 Å². The van der Waals surface area contributed by atoms with Crippen LogP contribution in [-0.2, 0) is 0 Å². The largest absolute Gasteiger partial charge is 0.456 e. The lowest BCUT2D eigenvalue weighted by Gasteiger charge is -2.26. The molecule has 10 rings (SSSR count). The van der Waals surface area contributed by atoms with Crippen molar-refractivity contribution in [2.45, 2.75) is 0 Å². The van der Waals surface area contributed by atoms with Crippen molar-refractivity contribution in [1.29, 1.82) is 0 Å². The molecule has 10 aromatic rings. The van der Waals surface area contributed by atoms with Crippen molar-refractivity contribution in [1.82, 2.24) is 0 Å². The molecule has 2 nitrogen and oxygen atoms in total. The molecule has 0 aliphatic heterocycles. The summed E-state index contributed by atoms with van der Waals surface area (Å²) >= 11 is 0. The van der Waals surface area contributed by atoms with E-state index < -0.39 is 0 Å². The third-order valence-corrected chi connectivity index (χ3v) is 10.2. The molecule has 0 unspecified atom stereocenters. The van der Waals surface area contributed by atoms with Crippen molar-refractivity contribution in [2.75, 3.05) is 4.90 Å². The van der Waals surface area contributed by atoms with E-state index in [-0.39, 0.29) is 0 Å². The average Bonchev–Trinajstić information content (AvgIpc) is 3.60. The van der Waals surface area contributed by atoms with Crippen LogP contribution in [0, 0.1) is 0 Å². The summed E-state index contributed by atoms with van der Waals surface area (Å²) < 4.78 is 6.64. The maximum Gasteiger partial charge on any atom is 0.137 e. The summed E-state index contributed by atoms with van der Waals surface area (Å²) in [5.74, 6) is 0. The van der Waals surface area contributed by atoms with Gasteiger partial charge in [-0.15, -0.1) is 0 Å². The minimum Gasteiger partial charge on any atom is -0.456 e. The zero-order valence-electron chi connectivity index (χ0n) is 28.4. The second-order valence-corrected chi connectivity index (χ2v) is 13.3. The van der Waals surface area contributed by atoms with Crippen molar-refractivity contribution >= 4 is 60.5 Å². The summed E-state index contributed by atoms with van der Waals surface area (Å²) in [6, 6.07) is 71.6. The van der Waals surface area contributed by atoms with Gasteiger partial charge in [0.05, 0.1) is 0 Å². The number of nitrogens with zero attached hydrogens (tertiary/aromatic N) is 1. The summed E-state index contributed by atoms with van der Waals surface area (Å²) in [4.78, 5) is 2.33. The number of rotatable bonds is 6. The van der Waals surface area contributed by atoms with Crippen LogP contribution in [-0.4, -0.2) is 0 Å². The Morgan fingerprint density at radius 2 is 0.865 bits per heavy atom. The molecule has 9 aromatic carbocycles. The SMILES string of the molecule is c1ccc(-c2ccc(N(c3ccc4cc(-c5ccccc5)ccc4c3)c3ccc4c(c3)oc3ccc5c(-c6ccccc6)cccc5c34)cc2)cc1. The van der Waals surface area contributed by atoms with E-state index >= 15 is 0 Å². The van der Waals surface area contributed by atoms with Gasteiger partial charge in [0, 0.05) is 33.9 Å². The molecule has 0 N–H and O–H groups in total. The number of benzene rings is 9. The zero-order chi connectivity index (χ0) is 34.4. The van der Waals surface area contributed by atoms with E-state index in [1.54, 1.807) is 0 Å². The Morgan fingerprint density at radius 1 is 0.308 bits per heavy atom. The van der Waals surface area contributed by atoms with E-state index in [4.69, 9.17) is 4.42 Å². The average molecular weight is 664 g/mol. The molecule has 0 saturated heterocycles. The summed E-state index contributed by atoms with van der Waals surface area (Å²) in [7, 11) is 0. The van der Waals surface area contributed by atoms with Gasteiger partial charge in [0.2, 0.25) is 0 Å². The number of hydrogen-bond donors (Lipinski definition) is 0. The van der Waals surface area contributed by atoms with Crippen molar-refractivity contribution < 1.29 is 4.42 Å². The third kappa shape index (κ3) is 5.21. The topological polar surface area (TPSA) is 16.4 Å². The Labute approximate surface area is 302 Å². The fraction of sp³-hybridized carbons (Fsp3) is 0. The Kier molecular flexibility index (Phi) is 7.18. The second-order valence-electron chi connectivity index (χ2n) is 13.3. The van der Waals surface area contributed by atoms with E-state index in [9.17, 15) is 0 Å². The quantitative estimate of drug-likeness (QED) is 0.176. The molecule has 1 heterocycles. The molecule has 244 valence electrons. The fourth-order valence-corrected chi connectivity index (χ4v) is 7.69. The Hall–Kier alpha value is -6.90. The molecule has 0 saturated carbocycles. The molecule has 0 spiro atoms. The smallest absolute Gasteiger partial charge is 0.137 e. The first kappa shape index (κ1) is 30.0. The summed E-state index contributed by atoms with van der Waals surface area (Å²) in [5, 5.41) is 7.08.